The molecule has 0 saturated carbocycles. The third-order valence-corrected chi connectivity index (χ3v) is 5.15. The Hall–Kier alpha value is -2.46. The molecular formula is C23H28N2O2. The summed E-state index contributed by atoms with van der Waals surface area (Å²) in [7, 11) is 0. The highest BCUT2D eigenvalue weighted by Crippen LogP contribution is 2.23. The number of benzene rings is 2. The number of hydrogen-bond acceptors (Lipinski definition) is 3. The summed E-state index contributed by atoms with van der Waals surface area (Å²) in [5.41, 5.74) is 3.20. The van der Waals surface area contributed by atoms with E-state index in [-0.39, 0.29) is 6.04 Å². The Morgan fingerprint density at radius 1 is 1.04 bits per heavy atom. The quantitative estimate of drug-likeness (QED) is 0.747. The first-order chi connectivity index (χ1) is 13.1. The molecule has 4 heteroatoms. The minimum Gasteiger partial charge on any atom is -0.381 e. The zero-order chi connectivity index (χ0) is 19.2. The molecule has 1 aliphatic heterocycles. The molecule has 1 amide bonds. The van der Waals surface area contributed by atoms with Gasteiger partial charge >= 0.3 is 0 Å². The van der Waals surface area contributed by atoms with E-state index in [4.69, 9.17) is 0 Å². The maximum atomic E-state index is 12.0. The average molecular weight is 364 g/mol. The normalized spacial score (nSPS) is 18.3. The zero-order valence-corrected chi connectivity index (χ0v) is 16.1. The first-order valence-corrected chi connectivity index (χ1v) is 9.83. The summed E-state index contributed by atoms with van der Waals surface area (Å²) < 4.78 is 0. The standard InChI is InChI=1S/C23H28N2O2/c1-3-4-6-9-17(2)25-16-21(26)23(27)24-22(25)20-14-12-19(13-15-20)18-10-7-5-8-11-18/h5,7-8,10-15,17,21,26H,3-4,6,9,16H2,1-2H3. The summed E-state index contributed by atoms with van der Waals surface area (Å²) in [5, 5.41) is 10.0. The molecule has 2 aromatic carbocycles. The average Bonchev–Trinajstić information content (AvgIpc) is 2.70. The molecule has 0 aromatic heterocycles. The molecule has 1 aliphatic rings. The number of aliphatic hydroxyl groups is 1. The second-order valence-electron chi connectivity index (χ2n) is 7.23. The molecule has 0 bridgehead atoms. The van der Waals surface area contributed by atoms with E-state index in [0.717, 1.165) is 29.5 Å². The Morgan fingerprint density at radius 3 is 2.33 bits per heavy atom. The number of carbonyl (C=O) groups excluding carboxylic acids is 1. The summed E-state index contributed by atoms with van der Waals surface area (Å²) >= 11 is 0. The Morgan fingerprint density at radius 2 is 1.67 bits per heavy atom. The topological polar surface area (TPSA) is 52.9 Å². The number of aliphatic hydroxyl groups excluding tert-OH is 1. The molecule has 1 N–H and O–H groups in total. The van der Waals surface area contributed by atoms with Gasteiger partial charge in [-0.3, -0.25) is 4.79 Å². The van der Waals surface area contributed by atoms with Crippen molar-refractivity contribution in [1.29, 1.82) is 0 Å². The van der Waals surface area contributed by atoms with Gasteiger partial charge in [0.1, 0.15) is 5.84 Å². The summed E-state index contributed by atoms with van der Waals surface area (Å²) in [6.07, 6.45) is 3.49. The van der Waals surface area contributed by atoms with E-state index in [1.54, 1.807) is 0 Å². The van der Waals surface area contributed by atoms with E-state index in [1.807, 2.05) is 30.3 Å². The molecule has 0 spiro atoms. The zero-order valence-electron chi connectivity index (χ0n) is 16.1. The van der Waals surface area contributed by atoms with Crippen LogP contribution in [0.5, 0.6) is 0 Å². The molecule has 1 heterocycles. The number of nitrogens with zero attached hydrogens (tertiary/aromatic N) is 2. The highest BCUT2D eigenvalue weighted by molar-refractivity contribution is 6.08. The maximum absolute atomic E-state index is 12.0. The third kappa shape index (κ3) is 4.64. The Labute approximate surface area is 161 Å². The van der Waals surface area contributed by atoms with Gasteiger partial charge < -0.3 is 10.0 Å². The highest BCUT2D eigenvalue weighted by atomic mass is 16.3. The molecule has 3 rings (SSSR count). The van der Waals surface area contributed by atoms with Gasteiger partial charge in [0, 0.05) is 11.6 Å². The van der Waals surface area contributed by atoms with Crippen molar-refractivity contribution >= 4 is 11.7 Å². The van der Waals surface area contributed by atoms with Gasteiger partial charge in [-0.25, -0.2) is 0 Å². The molecule has 4 nitrogen and oxygen atoms in total. The molecule has 0 radical (unpaired) electrons. The van der Waals surface area contributed by atoms with Crippen molar-refractivity contribution in [2.45, 2.75) is 51.7 Å². The van der Waals surface area contributed by atoms with E-state index in [1.165, 1.54) is 12.8 Å². The predicted molar refractivity (Wildman–Crippen MR) is 110 cm³/mol. The van der Waals surface area contributed by atoms with Gasteiger partial charge in [0.2, 0.25) is 0 Å². The molecule has 0 fully saturated rings. The van der Waals surface area contributed by atoms with E-state index >= 15 is 0 Å². The van der Waals surface area contributed by atoms with Gasteiger partial charge in [-0.05, 0) is 24.5 Å². The first kappa shape index (κ1) is 19.3. The second-order valence-corrected chi connectivity index (χ2v) is 7.23. The molecular weight excluding hydrogens is 336 g/mol. The molecule has 0 saturated heterocycles. The van der Waals surface area contributed by atoms with Crippen molar-refractivity contribution in [3.05, 3.63) is 60.2 Å². The van der Waals surface area contributed by atoms with Crippen molar-refractivity contribution in [2.24, 2.45) is 4.99 Å². The molecule has 2 aromatic rings. The number of carbonyl (C=O) groups is 1. The van der Waals surface area contributed by atoms with Crippen molar-refractivity contribution < 1.29 is 9.90 Å². The smallest absolute Gasteiger partial charge is 0.278 e. The monoisotopic (exact) mass is 364 g/mol. The lowest BCUT2D eigenvalue weighted by atomic mass is 10.0. The van der Waals surface area contributed by atoms with Crippen LogP contribution >= 0.6 is 0 Å². The van der Waals surface area contributed by atoms with Gasteiger partial charge in [-0.1, -0.05) is 80.8 Å². The van der Waals surface area contributed by atoms with Gasteiger partial charge in [0.05, 0.1) is 6.54 Å². The van der Waals surface area contributed by atoms with Crippen LogP contribution in [0.15, 0.2) is 59.6 Å². The predicted octanol–water partition coefficient (Wildman–Crippen LogP) is 4.27. The van der Waals surface area contributed by atoms with Crippen LogP contribution in [0.4, 0.5) is 0 Å². The Kier molecular flexibility index (Phi) is 6.40. The minimum atomic E-state index is -1.04. The number of hydrogen-bond donors (Lipinski definition) is 1. The van der Waals surface area contributed by atoms with E-state index in [0.29, 0.717) is 12.4 Å². The van der Waals surface area contributed by atoms with Gasteiger partial charge in [-0.15, -0.1) is 0 Å². The lowest BCUT2D eigenvalue weighted by molar-refractivity contribution is -0.127. The summed E-state index contributed by atoms with van der Waals surface area (Å²) in [6, 6.07) is 18.6. The number of amides is 1. The highest BCUT2D eigenvalue weighted by Gasteiger charge is 2.31. The third-order valence-electron chi connectivity index (χ3n) is 5.15. The number of rotatable bonds is 7. The van der Waals surface area contributed by atoms with Crippen LogP contribution in [0.25, 0.3) is 11.1 Å². The van der Waals surface area contributed by atoms with Crippen LogP contribution < -0.4 is 0 Å². The van der Waals surface area contributed by atoms with Crippen molar-refractivity contribution in [2.75, 3.05) is 6.54 Å². The van der Waals surface area contributed by atoms with Crippen LogP contribution in [0.3, 0.4) is 0 Å². The minimum absolute atomic E-state index is 0.229. The second kappa shape index (κ2) is 8.96. The summed E-state index contributed by atoms with van der Waals surface area (Å²) in [5.74, 6) is 0.225. The number of aliphatic imine (C=N–C) groups is 1. The number of unbranched alkanes of at least 4 members (excludes halogenated alkanes) is 2. The summed E-state index contributed by atoms with van der Waals surface area (Å²) in [6.45, 7) is 4.65. The van der Waals surface area contributed by atoms with Crippen LogP contribution in [0.1, 0.15) is 45.1 Å². The van der Waals surface area contributed by atoms with Crippen molar-refractivity contribution in [3.63, 3.8) is 0 Å². The Balaban J connectivity index is 1.84. The first-order valence-electron chi connectivity index (χ1n) is 9.83. The lowest BCUT2D eigenvalue weighted by Gasteiger charge is -2.36. The lowest BCUT2D eigenvalue weighted by Crippen LogP contribution is -2.49. The molecule has 27 heavy (non-hydrogen) atoms. The fourth-order valence-electron chi connectivity index (χ4n) is 3.50. The molecule has 0 aliphatic carbocycles. The van der Waals surface area contributed by atoms with E-state index < -0.39 is 12.0 Å². The number of amidine groups is 1. The van der Waals surface area contributed by atoms with Crippen LogP contribution in [-0.2, 0) is 4.79 Å². The van der Waals surface area contributed by atoms with Crippen LogP contribution in [-0.4, -0.2) is 40.4 Å². The van der Waals surface area contributed by atoms with Gasteiger partial charge in [-0.2, -0.15) is 4.99 Å². The molecule has 2 unspecified atom stereocenters. The molecule has 142 valence electrons. The van der Waals surface area contributed by atoms with E-state index in [9.17, 15) is 9.90 Å². The fourth-order valence-corrected chi connectivity index (χ4v) is 3.50. The van der Waals surface area contributed by atoms with Crippen molar-refractivity contribution in [3.8, 4) is 11.1 Å². The Bertz CT molecular complexity index is 784. The van der Waals surface area contributed by atoms with Crippen LogP contribution in [0.2, 0.25) is 0 Å². The number of β-amino-alcohol motifs (C(OH)–C–C–N with tert-alkyl or cyclic N) is 1. The maximum Gasteiger partial charge on any atom is 0.278 e. The molecule has 2 atom stereocenters. The van der Waals surface area contributed by atoms with Crippen LogP contribution in [0, 0.1) is 0 Å². The SMILES string of the molecule is CCCCCC(C)N1CC(O)C(=O)N=C1c1ccc(-c2ccccc2)cc1. The fraction of sp³-hybridized carbons (Fsp3) is 0.391. The van der Waals surface area contributed by atoms with E-state index in [2.05, 4.69) is 48.0 Å². The summed E-state index contributed by atoms with van der Waals surface area (Å²) in [4.78, 5) is 18.3. The van der Waals surface area contributed by atoms with Crippen molar-refractivity contribution in [1.82, 2.24) is 4.90 Å². The van der Waals surface area contributed by atoms with Gasteiger partial charge in [0.25, 0.3) is 5.91 Å². The van der Waals surface area contributed by atoms with Gasteiger partial charge in [0.15, 0.2) is 6.10 Å². The largest absolute Gasteiger partial charge is 0.381 e.